The Morgan fingerprint density at radius 3 is 2.64 bits per heavy atom. The summed E-state index contributed by atoms with van der Waals surface area (Å²) in [7, 11) is 1.37. The molecule has 25 heavy (non-hydrogen) atoms. The van der Waals surface area contributed by atoms with E-state index in [-0.39, 0.29) is 12.4 Å². The van der Waals surface area contributed by atoms with Crippen molar-refractivity contribution >= 4 is 5.97 Å². The minimum Gasteiger partial charge on any atom is -0.469 e. The van der Waals surface area contributed by atoms with Crippen molar-refractivity contribution in [1.82, 2.24) is 19.7 Å². The van der Waals surface area contributed by atoms with E-state index in [1.165, 1.54) is 7.11 Å². The number of aryl methyl sites for hydroxylation is 1. The van der Waals surface area contributed by atoms with Gasteiger partial charge in [-0.25, -0.2) is 4.98 Å². The molecule has 7 heteroatoms. The number of hydrogen-bond donors (Lipinski definition) is 0. The number of aromatic nitrogens is 4. The first-order valence-electron chi connectivity index (χ1n) is 7.64. The van der Waals surface area contributed by atoms with Crippen molar-refractivity contribution in [3.05, 3.63) is 60.2 Å². The van der Waals surface area contributed by atoms with E-state index in [1.807, 2.05) is 30.5 Å². The van der Waals surface area contributed by atoms with Crippen LogP contribution in [0.1, 0.15) is 17.7 Å². The summed E-state index contributed by atoms with van der Waals surface area (Å²) in [5, 5.41) is 17.3. The van der Waals surface area contributed by atoms with Crippen molar-refractivity contribution in [2.24, 2.45) is 0 Å². The average molecular weight is 333 g/mol. The number of rotatable bonds is 5. The first kappa shape index (κ1) is 16.3. The molecule has 7 nitrogen and oxygen atoms in total. The number of nitrogens with zero attached hydrogens (tertiary/aromatic N) is 5. The molecule has 0 aliphatic carbocycles. The second-order valence-electron chi connectivity index (χ2n) is 5.31. The zero-order valence-electron chi connectivity index (χ0n) is 13.6. The summed E-state index contributed by atoms with van der Waals surface area (Å²) >= 11 is 0. The quantitative estimate of drug-likeness (QED) is 0.665. The fourth-order valence-electron chi connectivity index (χ4n) is 2.28. The minimum atomic E-state index is -0.263. The molecule has 0 bridgehead atoms. The summed E-state index contributed by atoms with van der Waals surface area (Å²) in [5.74, 6) is 0.371. The Bertz CT molecular complexity index is 908. The number of esters is 1. The van der Waals surface area contributed by atoms with E-state index in [0.717, 1.165) is 17.0 Å². The molecule has 0 N–H and O–H groups in total. The maximum atomic E-state index is 11.2. The third-order valence-corrected chi connectivity index (χ3v) is 3.67. The van der Waals surface area contributed by atoms with Gasteiger partial charge in [0.05, 0.1) is 36.6 Å². The Balaban J connectivity index is 1.73. The van der Waals surface area contributed by atoms with Crippen molar-refractivity contribution in [3.63, 3.8) is 0 Å². The second kappa shape index (κ2) is 7.36. The first-order chi connectivity index (χ1) is 12.2. The Hall–Kier alpha value is -3.53. The van der Waals surface area contributed by atoms with Crippen LogP contribution in [0.15, 0.2) is 48.9 Å². The lowest BCUT2D eigenvalue weighted by Gasteiger charge is -2.03. The van der Waals surface area contributed by atoms with Crippen LogP contribution in [0.4, 0.5) is 0 Å². The molecule has 0 aliphatic rings. The van der Waals surface area contributed by atoms with Crippen LogP contribution >= 0.6 is 0 Å². The highest BCUT2D eigenvalue weighted by Gasteiger charge is 2.07. The zero-order chi connectivity index (χ0) is 17.6. The number of carbonyl (C=O) groups excluding carboxylic acids is 1. The Labute approximate surface area is 144 Å². The molecule has 0 atom stereocenters. The number of methoxy groups -OCH3 is 1. The van der Waals surface area contributed by atoms with Crippen LogP contribution < -0.4 is 0 Å². The smallest absolute Gasteiger partial charge is 0.305 e. The maximum Gasteiger partial charge on any atom is 0.305 e. The standard InChI is InChI=1S/C18H15N5O2/c1-25-18(24)9-6-15-11-23(12-20-15)17-8-7-16(21-22-17)14-4-2-13(10-19)3-5-14/h2-5,7-8,11-12H,6,9H2,1H3. The number of carbonyl (C=O) groups is 1. The van der Waals surface area contributed by atoms with Gasteiger partial charge in [0.15, 0.2) is 5.82 Å². The molecular formula is C18H15N5O2. The highest BCUT2D eigenvalue weighted by atomic mass is 16.5. The van der Waals surface area contributed by atoms with Crippen LogP contribution in [-0.2, 0) is 16.0 Å². The van der Waals surface area contributed by atoms with Gasteiger partial charge in [-0.1, -0.05) is 12.1 Å². The molecule has 2 heterocycles. The third kappa shape index (κ3) is 3.87. The van der Waals surface area contributed by atoms with Crippen molar-refractivity contribution in [1.29, 1.82) is 5.26 Å². The van der Waals surface area contributed by atoms with Crippen LogP contribution in [0.3, 0.4) is 0 Å². The molecule has 0 spiro atoms. The summed E-state index contributed by atoms with van der Waals surface area (Å²) in [6, 6.07) is 12.9. The van der Waals surface area contributed by atoms with Crippen LogP contribution in [0.2, 0.25) is 0 Å². The molecule has 0 radical (unpaired) electrons. The van der Waals surface area contributed by atoms with Gasteiger partial charge in [-0.15, -0.1) is 10.2 Å². The summed E-state index contributed by atoms with van der Waals surface area (Å²) in [6.07, 6.45) is 4.25. The lowest BCUT2D eigenvalue weighted by atomic mass is 10.1. The fourth-order valence-corrected chi connectivity index (χ4v) is 2.28. The van der Waals surface area contributed by atoms with E-state index in [2.05, 4.69) is 26.0 Å². The molecule has 0 amide bonds. The molecule has 3 rings (SSSR count). The van der Waals surface area contributed by atoms with Crippen molar-refractivity contribution in [2.45, 2.75) is 12.8 Å². The van der Waals surface area contributed by atoms with Crippen LogP contribution in [0, 0.1) is 11.3 Å². The monoisotopic (exact) mass is 333 g/mol. The SMILES string of the molecule is COC(=O)CCc1cn(-c2ccc(-c3ccc(C#N)cc3)nn2)cn1. The van der Waals surface area contributed by atoms with Gasteiger partial charge in [0, 0.05) is 18.2 Å². The predicted molar refractivity (Wildman–Crippen MR) is 89.6 cm³/mol. The van der Waals surface area contributed by atoms with Crippen molar-refractivity contribution < 1.29 is 9.53 Å². The average Bonchev–Trinajstić information content (AvgIpc) is 3.15. The molecule has 2 aromatic heterocycles. The molecule has 124 valence electrons. The van der Waals surface area contributed by atoms with Gasteiger partial charge in [-0.3, -0.25) is 9.36 Å². The second-order valence-corrected chi connectivity index (χ2v) is 5.31. The van der Waals surface area contributed by atoms with Gasteiger partial charge in [-0.05, 0) is 24.3 Å². The predicted octanol–water partition coefficient (Wildman–Crippen LogP) is 2.31. The van der Waals surface area contributed by atoms with E-state index >= 15 is 0 Å². The van der Waals surface area contributed by atoms with Crippen molar-refractivity contribution in [2.75, 3.05) is 7.11 Å². The first-order valence-corrected chi connectivity index (χ1v) is 7.64. The van der Waals surface area contributed by atoms with Crippen molar-refractivity contribution in [3.8, 4) is 23.1 Å². The van der Waals surface area contributed by atoms with E-state index in [4.69, 9.17) is 5.26 Å². The van der Waals surface area contributed by atoms with Gasteiger partial charge in [0.2, 0.25) is 0 Å². The van der Waals surface area contributed by atoms with Crippen LogP contribution in [-0.4, -0.2) is 32.8 Å². The molecule has 0 fully saturated rings. The summed E-state index contributed by atoms with van der Waals surface area (Å²) in [6.45, 7) is 0. The third-order valence-electron chi connectivity index (χ3n) is 3.67. The van der Waals surface area contributed by atoms with Gasteiger partial charge < -0.3 is 4.74 Å². The van der Waals surface area contributed by atoms with Gasteiger partial charge in [-0.2, -0.15) is 5.26 Å². The van der Waals surface area contributed by atoms with Gasteiger partial charge in [0.25, 0.3) is 0 Å². The summed E-state index contributed by atoms with van der Waals surface area (Å²) < 4.78 is 6.37. The summed E-state index contributed by atoms with van der Waals surface area (Å²) in [4.78, 5) is 15.4. The van der Waals surface area contributed by atoms with E-state index in [9.17, 15) is 4.79 Å². The Morgan fingerprint density at radius 2 is 2.00 bits per heavy atom. The number of benzene rings is 1. The lowest BCUT2D eigenvalue weighted by Crippen LogP contribution is -2.02. The van der Waals surface area contributed by atoms with Gasteiger partial charge in [0.1, 0.15) is 6.33 Å². The molecule has 0 saturated heterocycles. The maximum absolute atomic E-state index is 11.2. The highest BCUT2D eigenvalue weighted by Crippen LogP contribution is 2.17. The van der Waals surface area contributed by atoms with E-state index in [1.54, 1.807) is 23.0 Å². The highest BCUT2D eigenvalue weighted by molar-refractivity contribution is 5.69. The number of imidazole rings is 1. The fraction of sp³-hybridized carbons (Fsp3) is 0.167. The summed E-state index contributed by atoms with van der Waals surface area (Å²) in [5.41, 5.74) is 3.00. The molecule has 3 aromatic rings. The van der Waals surface area contributed by atoms with Crippen LogP contribution in [0.5, 0.6) is 0 Å². The number of ether oxygens (including phenoxy) is 1. The Kier molecular flexibility index (Phi) is 4.81. The number of nitriles is 1. The molecule has 0 aliphatic heterocycles. The van der Waals surface area contributed by atoms with Gasteiger partial charge >= 0.3 is 5.97 Å². The topological polar surface area (TPSA) is 93.7 Å². The number of hydrogen-bond acceptors (Lipinski definition) is 6. The largest absolute Gasteiger partial charge is 0.469 e. The molecule has 0 saturated carbocycles. The Morgan fingerprint density at radius 1 is 1.20 bits per heavy atom. The molecular weight excluding hydrogens is 318 g/mol. The van der Waals surface area contributed by atoms with Crippen LogP contribution in [0.25, 0.3) is 17.1 Å². The minimum absolute atomic E-state index is 0.263. The normalized spacial score (nSPS) is 10.2. The van der Waals surface area contributed by atoms with E-state index in [0.29, 0.717) is 17.8 Å². The molecule has 1 aromatic carbocycles. The van der Waals surface area contributed by atoms with E-state index < -0.39 is 0 Å². The lowest BCUT2D eigenvalue weighted by molar-refractivity contribution is -0.140. The molecule has 0 unspecified atom stereocenters. The zero-order valence-corrected chi connectivity index (χ0v) is 13.6.